The molecule has 2 rings (SSSR count). The third-order valence-electron chi connectivity index (χ3n) is 2.88. The van der Waals surface area contributed by atoms with Crippen LogP contribution >= 0.6 is 0 Å². The van der Waals surface area contributed by atoms with Gasteiger partial charge in [0.15, 0.2) is 6.61 Å². The normalized spacial score (nSPS) is 10.7. The summed E-state index contributed by atoms with van der Waals surface area (Å²) in [6, 6.07) is 6.91. The number of nitrogens with two attached hydrogens (primary N) is 1. The number of ether oxygens (including phenoxy) is 2. The Hall–Kier alpha value is -2.34. The Morgan fingerprint density at radius 2 is 2.10 bits per heavy atom. The predicted octanol–water partition coefficient (Wildman–Crippen LogP) is 0.512. The van der Waals surface area contributed by atoms with Crippen molar-refractivity contribution in [2.24, 2.45) is 5.73 Å². The van der Waals surface area contributed by atoms with Crippen LogP contribution < -0.4 is 16.0 Å². The van der Waals surface area contributed by atoms with Crippen molar-refractivity contribution in [3.8, 4) is 5.75 Å². The van der Waals surface area contributed by atoms with Gasteiger partial charge in [-0.15, -0.1) is 0 Å². The second-order valence-electron chi connectivity index (χ2n) is 4.28. The molecule has 0 aliphatic heterocycles. The first-order chi connectivity index (χ1) is 9.63. The summed E-state index contributed by atoms with van der Waals surface area (Å²) >= 11 is 0. The molecular formula is C14H16N2O4. The van der Waals surface area contributed by atoms with Crippen molar-refractivity contribution in [1.29, 1.82) is 0 Å². The standard InChI is InChI=1S/C14H16N2O4/c1-19-8-7-16-6-5-10-11(14(16)18)3-2-4-12(10)20-9-13(15)17/h2-6H,7-9H2,1H3,(H2,15,17). The highest BCUT2D eigenvalue weighted by molar-refractivity contribution is 5.87. The SMILES string of the molecule is COCCn1ccc2c(OCC(N)=O)cccc2c1=O. The molecule has 2 aromatic rings. The lowest BCUT2D eigenvalue weighted by Crippen LogP contribution is -2.22. The first-order valence-corrected chi connectivity index (χ1v) is 6.15. The molecule has 0 bridgehead atoms. The lowest BCUT2D eigenvalue weighted by atomic mass is 10.1. The molecule has 2 N–H and O–H groups in total. The number of hydrogen-bond acceptors (Lipinski definition) is 4. The highest BCUT2D eigenvalue weighted by Crippen LogP contribution is 2.22. The second kappa shape index (κ2) is 6.21. The van der Waals surface area contributed by atoms with Gasteiger partial charge in [0.25, 0.3) is 11.5 Å². The second-order valence-corrected chi connectivity index (χ2v) is 4.28. The number of hydrogen-bond donors (Lipinski definition) is 1. The maximum absolute atomic E-state index is 12.3. The van der Waals surface area contributed by atoms with Gasteiger partial charge in [0.2, 0.25) is 0 Å². The van der Waals surface area contributed by atoms with E-state index in [4.69, 9.17) is 15.2 Å². The van der Waals surface area contributed by atoms with Gasteiger partial charge in [0, 0.05) is 25.2 Å². The average Bonchev–Trinajstić information content (AvgIpc) is 2.44. The summed E-state index contributed by atoms with van der Waals surface area (Å²) in [6.45, 7) is 0.729. The van der Waals surface area contributed by atoms with Gasteiger partial charge in [-0.05, 0) is 18.2 Å². The summed E-state index contributed by atoms with van der Waals surface area (Å²) in [5.74, 6) is -0.0901. The van der Waals surface area contributed by atoms with E-state index in [1.165, 1.54) is 0 Å². The van der Waals surface area contributed by atoms with E-state index in [9.17, 15) is 9.59 Å². The van der Waals surface area contributed by atoms with Crippen molar-refractivity contribution in [2.45, 2.75) is 6.54 Å². The van der Waals surface area contributed by atoms with E-state index in [0.717, 1.165) is 0 Å². The van der Waals surface area contributed by atoms with Crippen LogP contribution in [0.15, 0.2) is 35.3 Å². The summed E-state index contributed by atoms with van der Waals surface area (Å²) in [5.41, 5.74) is 4.93. The van der Waals surface area contributed by atoms with Crippen molar-refractivity contribution in [2.75, 3.05) is 20.3 Å². The lowest BCUT2D eigenvalue weighted by Gasteiger charge is -2.10. The third-order valence-corrected chi connectivity index (χ3v) is 2.88. The van der Waals surface area contributed by atoms with Crippen molar-refractivity contribution < 1.29 is 14.3 Å². The number of rotatable bonds is 6. The van der Waals surface area contributed by atoms with Gasteiger partial charge in [0.1, 0.15) is 5.75 Å². The van der Waals surface area contributed by atoms with Crippen LogP contribution in [0.25, 0.3) is 10.8 Å². The summed E-state index contributed by atoms with van der Waals surface area (Å²) in [6.07, 6.45) is 1.68. The van der Waals surface area contributed by atoms with E-state index in [-0.39, 0.29) is 12.2 Å². The fourth-order valence-corrected chi connectivity index (χ4v) is 1.93. The first-order valence-electron chi connectivity index (χ1n) is 6.15. The molecule has 0 saturated heterocycles. The number of nitrogens with zero attached hydrogens (tertiary/aromatic N) is 1. The maximum Gasteiger partial charge on any atom is 0.258 e. The number of benzene rings is 1. The van der Waals surface area contributed by atoms with Gasteiger partial charge in [0.05, 0.1) is 12.0 Å². The minimum atomic E-state index is -0.560. The largest absolute Gasteiger partial charge is 0.483 e. The van der Waals surface area contributed by atoms with Crippen LogP contribution in [0.4, 0.5) is 0 Å². The Morgan fingerprint density at radius 3 is 2.80 bits per heavy atom. The Morgan fingerprint density at radius 1 is 1.30 bits per heavy atom. The quantitative estimate of drug-likeness (QED) is 0.833. The molecule has 0 unspecified atom stereocenters. The number of primary amides is 1. The molecule has 6 nitrogen and oxygen atoms in total. The fraction of sp³-hybridized carbons (Fsp3) is 0.286. The maximum atomic E-state index is 12.3. The van der Waals surface area contributed by atoms with E-state index < -0.39 is 5.91 Å². The number of carbonyl (C=O) groups is 1. The number of fused-ring (bicyclic) bond motifs is 1. The molecular weight excluding hydrogens is 260 g/mol. The molecule has 0 fully saturated rings. The highest BCUT2D eigenvalue weighted by atomic mass is 16.5. The lowest BCUT2D eigenvalue weighted by molar-refractivity contribution is -0.119. The van der Waals surface area contributed by atoms with Crippen LogP contribution in [-0.4, -0.2) is 30.8 Å². The monoisotopic (exact) mass is 276 g/mol. The fourth-order valence-electron chi connectivity index (χ4n) is 1.93. The zero-order valence-electron chi connectivity index (χ0n) is 11.2. The smallest absolute Gasteiger partial charge is 0.258 e. The van der Waals surface area contributed by atoms with Crippen LogP contribution in [-0.2, 0) is 16.1 Å². The van der Waals surface area contributed by atoms with Crippen molar-refractivity contribution >= 4 is 16.7 Å². The van der Waals surface area contributed by atoms with Crippen LogP contribution in [0.5, 0.6) is 5.75 Å². The zero-order valence-corrected chi connectivity index (χ0v) is 11.2. The Kier molecular flexibility index (Phi) is 4.37. The molecule has 0 saturated carbocycles. The van der Waals surface area contributed by atoms with Gasteiger partial charge in [-0.25, -0.2) is 0 Å². The van der Waals surface area contributed by atoms with Crippen molar-refractivity contribution in [1.82, 2.24) is 4.57 Å². The topological polar surface area (TPSA) is 83.5 Å². The number of pyridine rings is 1. The van der Waals surface area contributed by atoms with Crippen molar-refractivity contribution in [3.05, 3.63) is 40.8 Å². The van der Waals surface area contributed by atoms with Gasteiger partial charge in [-0.1, -0.05) is 6.07 Å². The molecule has 1 aromatic carbocycles. The number of methoxy groups -OCH3 is 1. The minimum absolute atomic E-state index is 0.121. The molecule has 6 heteroatoms. The molecule has 1 aromatic heterocycles. The third kappa shape index (κ3) is 2.97. The van der Waals surface area contributed by atoms with Gasteiger partial charge in [-0.3, -0.25) is 9.59 Å². The summed E-state index contributed by atoms with van der Waals surface area (Å²) < 4.78 is 11.8. The van der Waals surface area contributed by atoms with Gasteiger partial charge in [-0.2, -0.15) is 0 Å². The van der Waals surface area contributed by atoms with E-state index >= 15 is 0 Å². The first kappa shape index (κ1) is 14.1. The minimum Gasteiger partial charge on any atom is -0.483 e. The van der Waals surface area contributed by atoms with E-state index in [2.05, 4.69) is 0 Å². The molecule has 0 radical (unpaired) electrons. The molecule has 0 aliphatic carbocycles. The summed E-state index contributed by atoms with van der Waals surface area (Å²) in [7, 11) is 1.59. The molecule has 0 spiro atoms. The molecule has 1 heterocycles. The van der Waals surface area contributed by atoms with E-state index in [1.807, 2.05) is 0 Å². The molecule has 106 valence electrons. The van der Waals surface area contributed by atoms with E-state index in [0.29, 0.717) is 29.7 Å². The number of carbonyl (C=O) groups excluding carboxylic acids is 1. The number of amides is 1. The molecule has 1 amide bonds. The van der Waals surface area contributed by atoms with Gasteiger partial charge < -0.3 is 19.8 Å². The Bertz CT molecular complexity index is 678. The zero-order chi connectivity index (χ0) is 14.5. The predicted molar refractivity (Wildman–Crippen MR) is 74.8 cm³/mol. The average molecular weight is 276 g/mol. The summed E-state index contributed by atoms with van der Waals surface area (Å²) in [4.78, 5) is 23.1. The van der Waals surface area contributed by atoms with Gasteiger partial charge >= 0.3 is 0 Å². The van der Waals surface area contributed by atoms with E-state index in [1.54, 1.807) is 42.1 Å². The van der Waals surface area contributed by atoms with Crippen LogP contribution in [0, 0.1) is 0 Å². The Labute approximate surface area is 115 Å². The summed E-state index contributed by atoms with van der Waals surface area (Å²) in [5, 5.41) is 1.19. The Balaban J connectivity index is 2.41. The van der Waals surface area contributed by atoms with Crippen LogP contribution in [0.1, 0.15) is 0 Å². The van der Waals surface area contributed by atoms with Crippen LogP contribution in [0.3, 0.4) is 0 Å². The van der Waals surface area contributed by atoms with Crippen LogP contribution in [0.2, 0.25) is 0 Å². The number of aromatic nitrogens is 1. The van der Waals surface area contributed by atoms with Crippen molar-refractivity contribution in [3.63, 3.8) is 0 Å². The molecule has 0 atom stereocenters. The highest BCUT2D eigenvalue weighted by Gasteiger charge is 2.08. The molecule has 20 heavy (non-hydrogen) atoms. The molecule has 0 aliphatic rings.